The zero-order valence-corrected chi connectivity index (χ0v) is 16.9. The molecule has 1 saturated carbocycles. The summed E-state index contributed by atoms with van der Waals surface area (Å²) in [6.07, 6.45) is -0.296. The molecule has 1 aromatic heterocycles. The number of carbonyl (C=O) groups excluding carboxylic acids is 1. The van der Waals surface area contributed by atoms with E-state index < -0.39 is 23.6 Å². The Bertz CT molecular complexity index is 951. The average Bonchev–Trinajstić information content (AvgIpc) is 3.03. The Morgan fingerprint density at radius 2 is 1.93 bits per heavy atom. The van der Waals surface area contributed by atoms with E-state index in [1.807, 2.05) is 0 Å². The fourth-order valence-corrected chi connectivity index (χ4v) is 3.97. The van der Waals surface area contributed by atoms with Gasteiger partial charge >= 0.3 is 12.1 Å². The third-order valence-electron chi connectivity index (χ3n) is 5.38. The second-order valence-corrected chi connectivity index (χ2v) is 7.95. The molecule has 1 aliphatic carbocycles. The first-order chi connectivity index (χ1) is 14.1. The first kappa shape index (κ1) is 22.1. The fraction of sp³-hybridized carbons (Fsp3) is 0.450. The van der Waals surface area contributed by atoms with Crippen LogP contribution in [0.3, 0.4) is 0 Å². The molecule has 0 radical (unpaired) electrons. The van der Waals surface area contributed by atoms with E-state index in [2.05, 4.69) is 10.4 Å². The number of rotatable bonds is 5. The Morgan fingerprint density at radius 3 is 2.53 bits per heavy atom. The molecule has 2 aromatic rings. The predicted octanol–water partition coefficient (Wildman–Crippen LogP) is 4.55. The average molecular weight is 444 g/mol. The molecule has 162 valence electrons. The highest BCUT2D eigenvalue weighted by atomic mass is 35.5. The minimum atomic E-state index is -4.56. The van der Waals surface area contributed by atoms with Crippen LogP contribution in [0, 0.1) is 12.8 Å². The molecule has 0 atom stereocenters. The number of aromatic carboxylic acids is 1. The number of carboxylic acid groups (broad SMARTS) is 1. The van der Waals surface area contributed by atoms with Crippen molar-refractivity contribution in [1.29, 1.82) is 0 Å². The van der Waals surface area contributed by atoms with Crippen molar-refractivity contribution in [2.45, 2.75) is 51.4 Å². The Morgan fingerprint density at radius 1 is 1.27 bits per heavy atom. The van der Waals surface area contributed by atoms with E-state index in [0.29, 0.717) is 24.9 Å². The lowest BCUT2D eigenvalue weighted by Gasteiger charge is -2.29. The van der Waals surface area contributed by atoms with Crippen LogP contribution < -0.4 is 5.32 Å². The maximum absolute atomic E-state index is 12.9. The third-order valence-corrected chi connectivity index (χ3v) is 5.71. The summed E-state index contributed by atoms with van der Waals surface area (Å²) in [5, 5.41) is 16.2. The molecule has 6 nitrogen and oxygen atoms in total. The summed E-state index contributed by atoms with van der Waals surface area (Å²) in [5.41, 5.74) is -0.359. The van der Waals surface area contributed by atoms with Gasteiger partial charge in [-0.05, 0) is 56.7 Å². The Balaban J connectivity index is 1.59. The highest BCUT2D eigenvalue weighted by Gasteiger charge is 2.32. The van der Waals surface area contributed by atoms with Gasteiger partial charge in [-0.1, -0.05) is 11.6 Å². The molecule has 1 amide bonds. The quantitative estimate of drug-likeness (QED) is 0.710. The van der Waals surface area contributed by atoms with E-state index in [1.54, 1.807) is 6.92 Å². The van der Waals surface area contributed by atoms with Gasteiger partial charge in [0.2, 0.25) is 0 Å². The van der Waals surface area contributed by atoms with Crippen LogP contribution in [0.2, 0.25) is 5.02 Å². The highest BCUT2D eigenvalue weighted by molar-refractivity contribution is 6.33. The van der Waals surface area contributed by atoms with E-state index in [4.69, 9.17) is 11.6 Å². The van der Waals surface area contributed by atoms with Crippen LogP contribution >= 0.6 is 11.6 Å². The summed E-state index contributed by atoms with van der Waals surface area (Å²) in [4.78, 5) is 23.8. The minimum Gasteiger partial charge on any atom is -0.477 e. The second-order valence-electron chi connectivity index (χ2n) is 7.55. The van der Waals surface area contributed by atoms with Crippen LogP contribution in [-0.2, 0) is 12.7 Å². The van der Waals surface area contributed by atoms with Crippen molar-refractivity contribution in [2.75, 3.05) is 0 Å². The van der Waals surface area contributed by atoms with Gasteiger partial charge in [-0.25, -0.2) is 4.79 Å². The zero-order valence-electron chi connectivity index (χ0n) is 16.2. The normalized spacial score (nSPS) is 19.5. The van der Waals surface area contributed by atoms with E-state index in [9.17, 15) is 27.9 Å². The van der Waals surface area contributed by atoms with Crippen LogP contribution in [0.4, 0.5) is 13.2 Å². The molecule has 0 spiro atoms. The van der Waals surface area contributed by atoms with Gasteiger partial charge in [0.1, 0.15) is 5.69 Å². The molecule has 10 heteroatoms. The molecular formula is C20H21ClF3N3O3. The van der Waals surface area contributed by atoms with Crippen molar-refractivity contribution in [3.63, 3.8) is 0 Å². The number of amides is 1. The van der Waals surface area contributed by atoms with Crippen molar-refractivity contribution in [1.82, 2.24) is 15.1 Å². The van der Waals surface area contributed by atoms with Crippen LogP contribution in [0.15, 0.2) is 24.4 Å². The van der Waals surface area contributed by atoms with Gasteiger partial charge in [0.15, 0.2) is 0 Å². The molecule has 3 rings (SSSR count). The molecular weight excluding hydrogens is 423 g/mol. The van der Waals surface area contributed by atoms with Crippen molar-refractivity contribution in [2.24, 2.45) is 5.92 Å². The minimum absolute atomic E-state index is 0.0376. The third kappa shape index (κ3) is 4.95. The lowest BCUT2D eigenvalue weighted by Crippen LogP contribution is -2.38. The van der Waals surface area contributed by atoms with Gasteiger partial charge < -0.3 is 10.4 Å². The smallest absolute Gasteiger partial charge is 0.416 e. The summed E-state index contributed by atoms with van der Waals surface area (Å²) in [5.74, 6) is -1.46. The Labute approximate surface area is 176 Å². The van der Waals surface area contributed by atoms with Crippen LogP contribution in [0.25, 0.3) is 0 Å². The fourth-order valence-electron chi connectivity index (χ4n) is 3.77. The number of carbonyl (C=O) groups is 2. The number of halogens is 4. The zero-order chi connectivity index (χ0) is 22.1. The number of carboxylic acids is 1. The first-order valence-corrected chi connectivity index (χ1v) is 9.87. The molecule has 1 aromatic carbocycles. The number of hydrogen-bond acceptors (Lipinski definition) is 3. The number of benzene rings is 1. The van der Waals surface area contributed by atoms with Gasteiger partial charge in [0.25, 0.3) is 5.91 Å². The summed E-state index contributed by atoms with van der Waals surface area (Å²) in [6.45, 7) is 2.16. The van der Waals surface area contributed by atoms with Crippen LogP contribution in [-0.4, -0.2) is 32.8 Å². The molecule has 0 bridgehead atoms. The number of aromatic nitrogens is 2. The molecule has 0 saturated heterocycles. The topological polar surface area (TPSA) is 84.2 Å². The monoisotopic (exact) mass is 443 g/mol. The largest absolute Gasteiger partial charge is 0.477 e. The lowest BCUT2D eigenvalue weighted by atomic mass is 9.86. The van der Waals surface area contributed by atoms with Gasteiger partial charge in [0, 0.05) is 18.2 Å². The lowest BCUT2D eigenvalue weighted by molar-refractivity contribution is -0.137. The maximum Gasteiger partial charge on any atom is 0.416 e. The number of alkyl halides is 3. The summed E-state index contributed by atoms with van der Waals surface area (Å²) >= 11 is 5.93. The van der Waals surface area contributed by atoms with Crippen LogP contribution in [0.1, 0.15) is 57.7 Å². The van der Waals surface area contributed by atoms with Crippen molar-refractivity contribution < 1.29 is 27.9 Å². The SMILES string of the molecule is Cc1cnn(CC2CCC(NC(=O)c3cc(C(F)(F)F)ccc3Cl)CC2)c1C(=O)O. The van der Waals surface area contributed by atoms with E-state index in [0.717, 1.165) is 31.0 Å². The highest BCUT2D eigenvalue weighted by Crippen LogP contribution is 2.32. The summed E-state index contributed by atoms with van der Waals surface area (Å²) in [7, 11) is 0. The Kier molecular flexibility index (Phi) is 6.40. The number of aryl methyl sites for hydroxylation is 1. The van der Waals surface area contributed by atoms with E-state index in [-0.39, 0.29) is 28.2 Å². The molecule has 1 fully saturated rings. The number of nitrogens with one attached hydrogen (secondary N) is 1. The first-order valence-electron chi connectivity index (χ1n) is 9.49. The van der Waals surface area contributed by atoms with Gasteiger partial charge in [-0.2, -0.15) is 18.3 Å². The van der Waals surface area contributed by atoms with E-state index >= 15 is 0 Å². The van der Waals surface area contributed by atoms with Crippen LogP contribution in [0.5, 0.6) is 0 Å². The second kappa shape index (κ2) is 8.67. The van der Waals surface area contributed by atoms with E-state index in [1.165, 1.54) is 10.9 Å². The molecule has 0 unspecified atom stereocenters. The van der Waals surface area contributed by atoms with Gasteiger partial charge in [-0.3, -0.25) is 9.48 Å². The predicted molar refractivity (Wildman–Crippen MR) is 104 cm³/mol. The van der Waals surface area contributed by atoms with Crippen molar-refractivity contribution >= 4 is 23.5 Å². The summed E-state index contributed by atoms with van der Waals surface area (Å²) in [6, 6.07) is 2.49. The van der Waals surface area contributed by atoms with Gasteiger partial charge in [0.05, 0.1) is 22.3 Å². The maximum atomic E-state index is 12.9. The number of hydrogen-bond donors (Lipinski definition) is 2. The summed E-state index contributed by atoms with van der Waals surface area (Å²) < 4.78 is 40.2. The molecule has 30 heavy (non-hydrogen) atoms. The Hall–Kier alpha value is -2.55. The van der Waals surface area contributed by atoms with Gasteiger partial charge in [-0.15, -0.1) is 0 Å². The molecule has 2 N–H and O–H groups in total. The van der Waals surface area contributed by atoms with Crippen molar-refractivity contribution in [3.05, 3.63) is 51.8 Å². The molecule has 1 aliphatic rings. The number of nitrogens with zero attached hydrogens (tertiary/aromatic N) is 2. The standard InChI is InChI=1S/C20H21ClF3N3O3/c1-11-9-25-27(17(11)19(29)30)10-12-2-5-14(6-3-12)26-18(28)15-8-13(20(22,23)24)4-7-16(15)21/h4,7-9,12,14H,2-3,5-6,10H2,1H3,(H,26,28)(H,29,30). The molecule has 1 heterocycles. The van der Waals surface area contributed by atoms with Crippen molar-refractivity contribution in [3.8, 4) is 0 Å². The molecule has 0 aliphatic heterocycles.